The SMILES string of the molecule is CCOc1cccc(N)c1C(=O)OCC(=O)NC. The summed E-state index contributed by atoms with van der Waals surface area (Å²) in [6.45, 7) is 1.84. The molecule has 0 unspecified atom stereocenters. The van der Waals surface area contributed by atoms with Crippen LogP contribution < -0.4 is 15.8 Å². The number of esters is 1. The molecule has 0 saturated heterocycles. The van der Waals surface area contributed by atoms with Crippen LogP contribution >= 0.6 is 0 Å². The lowest BCUT2D eigenvalue weighted by molar-refractivity contribution is -0.123. The van der Waals surface area contributed by atoms with Crippen molar-refractivity contribution in [2.75, 3.05) is 26.0 Å². The molecule has 3 N–H and O–H groups in total. The average Bonchev–Trinajstić information content (AvgIpc) is 2.36. The van der Waals surface area contributed by atoms with Crippen LogP contribution in [0.15, 0.2) is 18.2 Å². The van der Waals surface area contributed by atoms with Crippen LogP contribution in [0, 0.1) is 0 Å². The fourth-order valence-electron chi connectivity index (χ4n) is 1.32. The number of likely N-dealkylation sites (N-methyl/N-ethyl adjacent to an activating group) is 1. The summed E-state index contributed by atoms with van der Waals surface area (Å²) in [6, 6.07) is 4.87. The molecule has 0 saturated carbocycles. The predicted molar refractivity (Wildman–Crippen MR) is 66.4 cm³/mol. The van der Waals surface area contributed by atoms with E-state index >= 15 is 0 Å². The Bertz CT molecular complexity index is 446. The molecule has 98 valence electrons. The van der Waals surface area contributed by atoms with Crippen LogP contribution in [-0.4, -0.2) is 32.1 Å². The van der Waals surface area contributed by atoms with E-state index in [0.29, 0.717) is 12.4 Å². The van der Waals surface area contributed by atoms with Crippen molar-refractivity contribution in [3.63, 3.8) is 0 Å². The van der Waals surface area contributed by atoms with E-state index in [4.69, 9.17) is 15.2 Å². The van der Waals surface area contributed by atoms with Gasteiger partial charge in [0.25, 0.3) is 5.91 Å². The van der Waals surface area contributed by atoms with Gasteiger partial charge in [-0.2, -0.15) is 0 Å². The van der Waals surface area contributed by atoms with Gasteiger partial charge in [-0.05, 0) is 19.1 Å². The zero-order chi connectivity index (χ0) is 13.5. The molecule has 0 aromatic heterocycles. The number of carbonyl (C=O) groups is 2. The van der Waals surface area contributed by atoms with E-state index < -0.39 is 11.9 Å². The first-order valence-corrected chi connectivity index (χ1v) is 5.49. The Morgan fingerprint density at radius 3 is 2.72 bits per heavy atom. The molecule has 6 heteroatoms. The van der Waals surface area contributed by atoms with Gasteiger partial charge in [-0.1, -0.05) is 6.07 Å². The molecular weight excluding hydrogens is 236 g/mol. The summed E-state index contributed by atoms with van der Waals surface area (Å²) in [5, 5.41) is 2.35. The maximum absolute atomic E-state index is 11.8. The Hall–Kier alpha value is -2.24. The summed E-state index contributed by atoms with van der Waals surface area (Å²) in [5.74, 6) is -0.727. The van der Waals surface area contributed by atoms with E-state index in [1.54, 1.807) is 25.1 Å². The van der Waals surface area contributed by atoms with Gasteiger partial charge in [-0.3, -0.25) is 4.79 Å². The van der Waals surface area contributed by atoms with E-state index in [9.17, 15) is 9.59 Å². The van der Waals surface area contributed by atoms with E-state index in [-0.39, 0.29) is 17.9 Å². The number of hydrogen-bond donors (Lipinski definition) is 2. The zero-order valence-corrected chi connectivity index (χ0v) is 10.4. The number of amides is 1. The van der Waals surface area contributed by atoms with Crippen LogP contribution in [0.5, 0.6) is 5.75 Å². The molecule has 0 aliphatic heterocycles. The first-order valence-electron chi connectivity index (χ1n) is 5.49. The van der Waals surface area contributed by atoms with Crippen molar-refractivity contribution >= 4 is 17.6 Å². The second-order valence-electron chi connectivity index (χ2n) is 3.40. The van der Waals surface area contributed by atoms with Crippen molar-refractivity contribution in [3.05, 3.63) is 23.8 Å². The summed E-state index contributed by atoms with van der Waals surface area (Å²) in [5.41, 5.74) is 6.10. The van der Waals surface area contributed by atoms with Crippen molar-refractivity contribution in [1.29, 1.82) is 0 Å². The molecule has 1 aromatic carbocycles. The topological polar surface area (TPSA) is 90.7 Å². The first kappa shape index (κ1) is 13.8. The lowest BCUT2D eigenvalue weighted by Gasteiger charge is -2.11. The van der Waals surface area contributed by atoms with Gasteiger partial charge >= 0.3 is 5.97 Å². The summed E-state index contributed by atoms with van der Waals surface area (Å²) in [6.07, 6.45) is 0. The van der Waals surface area contributed by atoms with E-state index in [1.807, 2.05) is 0 Å². The molecule has 0 spiro atoms. The normalized spacial score (nSPS) is 9.67. The maximum Gasteiger partial charge on any atom is 0.344 e. The van der Waals surface area contributed by atoms with Crippen LogP contribution in [0.1, 0.15) is 17.3 Å². The van der Waals surface area contributed by atoms with Crippen molar-refractivity contribution in [3.8, 4) is 5.75 Å². The Morgan fingerprint density at radius 2 is 2.11 bits per heavy atom. The smallest absolute Gasteiger partial charge is 0.344 e. The van der Waals surface area contributed by atoms with Crippen molar-refractivity contribution < 1.29 is 19.1 Å². The number of anilines is 1. The molecule has 0 heterocycles. The van der Waals surface area contributed by atoms with E-state index in [1.165, 1.54) is 7.05 Å². The van der Waals surface area contributed by atoms with Gasteiger partial charge in [-0.25, -0.2) is 4.79 Å². The molecule has 18 heavy (non-hydrogen) atoms. The summed E-state index contributed by atoms with van der Waals surface area (Å²) >= 11 is 0. The summed E-state index contributed by atoms with van der Waals surface area (Å²) < 4.78 is 10.1. The highest BCUT2D eigenvalue weighted by Crippen LogP contribution is 2.25. The van der Waals surface area contributed by atoms with Crippen molar-refractivity contribution in [2.24, 2.45) is 0 Å². The highest BCUT2D eigenvalue weighted by Gasteiger charge is 2.18. The molecule has 1 aromatic rings. The Kier molecular flexibility index (Phi) is 4.98. The summed E-state index contributed by atoms with van der Waals surface area (Å²) in [4.78, 5) is 22.8. The predicted octanol–water partition coefficient (Wildman–Crippen LogP) is 0.570. The minimum absolute atomic E-state index is 0.142. The Balaban J connectivity index is 2.86. The van der Waals surface area contributed by atoms with Crippen LogP contribution in [0.25, 0.3) is 0 Å². The second kappa shape index (κ2) is 6.48. The lowest BCUT2D eigenvalue weighted by atomic mass is 10.1. The minimum Gasteiger partial charge on any atom is -0.493 e. The zero-order valence-electron chi connectivity index (χ0n) is 10.4. The highest BCUT2D eigenvalue weighted by atomic mass is 16.5. The highest BCUT2D eigenvalue weighted by molar-refractivity contribution is 5.99. The van der Waals surface area contributed by atoms with Gasteiger partial charge in [0.05, 0.1) is 6.61 Å². The monoisotopic (exact) mass is 252 g/mol. The third-order valence-corrected chi connectivity index (χ3v) is 2.18. The molecule has 1 rings (SSSR count). The lowest BCUT2D eigenvalue weighted by Crippen LogP contribution is -2.25. The third-order valence-electron chi connectivity index (χ3n) is 2.18. The van der Waals surface area contributed by atoms with Crippen LogP contribution in [0.2, 0.25) is 0 Å². The number of nitrogens with one attached hydrogen (secondary N) is 1. The molecular formula is C12H16N2O4. The van der Waals surface area contributed by atoms with Gasteiger partial charge in [-0.15, -0.1) is 0 Å². The van der Waals surface area contributed by atoms with Crippen molar-refractivity contribution in [1.82, 2.24) is 5.32 Å². The average molecular weight is 252 g/mol. The first-order chi connectivity index (χ1) is 8.60. The number of benzene rings is 1. The van der Waals surface area contributed by atoms with Gasteiger partial charge in [0, 0.05) is 12.7 Å². The molecule has 0 atom stereocenters. The Morgan fingerprint density at radius 1 is 1.39 bits per heavy atom. The van der Waals surface area contributed by atoms with Gasteiger partial charge < -0.3 is 20.5 Å². The van der Waals surface area contributed by atoms with Gasteiger partial charge in [0.1, 0.15) is 11.3 Å². The fraction of sp³-hybridized carbons (Fsp3) is 0.333. The molecule has 0 aliphatic rings. The molecule has 1 amide bonds. The summed E-state index contributed by atoms with van der Waals surface area (Å²) in [7, 11) is 1.46. The minimum atomic E-state index is -0.680. The van der Waals surface area contributed by atoms with Crippen molar-refractivity contribution in [2.45, 2.75) is 6.92 Å². The number of nitrogens with two attached hydrogens (primary N) is 1. The number of ether oxygens (including phenoxy) is 2. The van der Waals surface area contributed by atoms with Crippen LogP contribution in [-0.2, 0) is 9.53 Å². The standard InChI is InChI=1S/C12H16N2O4/c1-3-17-9-6-4-5-8(13)11(9)12(16)18-7-10(15)14-2/h4-6H,3,7,13H2,1-2H3,(H,14,15). The third kappa shape index (κ3) is 3.38. The van der Waals surface area contributed by atoms with Gasteiger partial charge in [0.15, 0.2) is 6.61 Å². The van der Waals surface area contributed by atoms with Crippen LogP contribution in [0.3, 0.4) is 0 Å². The van der Waals surface area contributed by atoms with E-state index in [2.05, 4.69) is 5.32 Å². The largest absolute Gasteiger partial charge is 0.493 e. The second-order valence-corrected chi connectivity index (χ2v) is 3.40. The number of carbonyl (C=O) groups excluding carboxylic acids is 2. The quantitative estimate of drug-likeness (QED) is 0.590. The molecule has 0 aliphatic carbocycles. The molecule has 0 radical (unpaired) electrons. The Labute approximate surface area is 105 Å². The molecule has 0 fully saturated rings. The number of nitrogen functional groups attached to an aromatic ring is 1. The molecule has 6 nitrogen and oxygen atoms in total. The molecule has 0 bridgehead atoms. The fourth-order valence-corrected chi connectivity index (χ4v) is 1.32. The van der Waals surface area contributed by atoms with E-state index in [0.717, 1.165) is 0 Å². The van der Waals surface area contributed by atoms with Gasteiger partial charge in [0.2, 0.25) is 0 Å². The number of hydrogen-bond acceptors (Lipinski definition) is 5. The number of rotatable bonds is 5. The maximum atomic E-state index is 11.8. The van der Waals surface area contributed by atoms with Crippen LogP contribution in [0.4, 0.5) is 5.69 Å².